The molecule has 17 heavy (non-hydrogen) atoms. The molecule has 0 unspecified atom stereocenters. The van der Waals surface area contributed by atoms with Crippen LogP contribution in [0.15, 0.2) is 0 Å². The molecule has 1 aliphatic carbocycles. The Labute approximate surface area is 107 Å². The predicted molar refractivity (Wildman–Crippen MR) is 73.2 cm³/mol. The molecule has 0 aromatic heterocycles. The molecule has 1 aliphatic rings. The van der Waals surface area contributed by atoms with Crippen LogP contribution in [0.5, 0.6) is 0 Å². The van der Waals surface area contributed by atoms with E-state index in [1.54, 1.807) is 0 Å². The van der Waals surface area contributed by atoms with E-state index in [0.717, 1.165) is 25.6 Å². The molecule has 102 valence electrons. The van der Waals surface area contributed by atoms with Gasteiger partial charge in [-0.1, -0.05) is 20.3 Å². The van der Waals surface area contributed by atoms with Gasteiger partial charge < -0.3 is 15.3 Å². The number of likely N-dealkylation sites (N-methyl/N-ethyl adjacent to an activating group) is 1. The van der Waals surface area contributed by atoms with Gasteiger partial charge in [0.05, 0.1) is 6.10 Å². The van der Waals surface area contributed by atoms with Crippen LogP contribution in [-0.2, 0) is 0 Å². The van der Waals surface area contributed by atoms with E-state index in [-0.39, 0.29) is 6.10 Å². The van der Waals surface area contributed by atoms with Gasteiger partial charge in [-0.05, 0) is 51.2 Å². The van der Waals surface area contributed by atoms with Crippen LogP contribution in [0.3, 0.4) is 0 Å². The minimum atomic E-state index is -0.249. The van der Waals surface area contributed by atoms with Crippen molar-refractivity contribution in [2.75, 3.05) is 33.7 Å². The summed E-state index contributed by atoms with van der Waals surface area (Å²) in [6.07, 6.45) is 5.15. The quantitative estimate of drug-likeness (QED) is 0.744. The molecular formula is C14H30N2O. The van der Waals surface area contributed by atoms with Crippen molar-refractivity contribution < 1.29 is 5.11 Å². The third-order valence-corrected chi connectivity index (χ3v) is 3.70. The summed E-state index contributed by atoms with van der Waals surface area (Å²) < 4.78 is 0. The van der Waals surface area contributed by atoms with Crippen LogP contribution in [-0.4, -0.2) is 49.8 Å². The van der Waals surface area contributed by atoms with Crippen molar-refractivity contribution in [2.45, 2.75) is 45.6 Å². The Hall–Kier alpha value is -0.120. The zero-order valence-corrected chi connectivity index (χ0v) is 12.0. The average molecular weight is 242 g/mol. The third kappa shape index (κ3) is 6.39. The van der Waals surface area contributed by atoms with Gasteiger partial charge in [0, 0.05) is 13.1 Å². The number of hydrogen-bond donors (Lipinski definition) is 2. The first-order valence-corrected chi connectivity index (χ1v) is 6.92. The molecule has 2 atom stereocenters. The van der Waals surface area contributed by atoms with Crippen molar-refractivity contribution in [3.63, 3.8) is 0 Å². The second-order valence-electron chi connectivity index (χ2n) is 6.70. The summed E-state index contributed by atoms with van der Waals surface area (Å²) in [6.45, 7) is 7.27. The average Bonchev–Trinajstić information content (AvgIpc) is 2.14. The molecule has 0 bridgehead atoms. The van der Waals surface area contributed by atoms with Gasteiger partial charge in [-0.25, -0.2) is 0 Å². The summed E-state index contributed by atoms with van der Waals surface area (Å²) in [6, 6.07) is 0. The van der Waals surface area contributed by atoms with Crippen molar-refractivity contribution in [1.82, 2.24) is 10.2 Å². The first kappa shape index (κ1) is 14.9. The van der Waals surface area contributed by atoms with Gasteiger partial charge in [0.2, 0.25) is 0 Å². The maximum atomic E-state index is 9.75. The second-order valence-corrected chi connectivity index (χ2v) is 6.70. The van der Waals surface area contributed by atoms with Crippen LogP contribution in [0.25, 0.3) is 0 Å². The molecule has 3 heteroatoms. The van der Waals surface area contributed by atoms with E-state index in [1.807, 2.05) is 19.0 Å². The van der Waals surface area contributed by atoms with Gasteiger partial charge in [0.15, 0.2) is 0 Å². The molecule has 0 saturated heterocycles. The predicted octanol–water partition coefficient (Wildman–Crippen LogP) is 1.71. The number of aliphatic hydroxyl groups is 1. The molecule has 1 rings (SSSR count). The highest BCUT2D eigenvalue weighted by Crippen LogP contribution is 2.38. The van der Waals surface area contributed by atoms with Crippen LogP contribution in [0.4, 0.5) is 0 Å². The highest BCUT2D eigenvalue weighted by atomic mass is 16.3. The van der Waals surface area contributed by atoms with E-state index in [2.05, 4.69) is 19.2 Å². The fourth-order valence-corrected chi connectivity index (χ4v) is 2.97. The number of hydrogen-bond acceptors (Lipinski definition) is 3. The fraction of sp³-hybridized carbons (Fsp3) is 1.00. The molecule has 3 nitrogen and oxygen atoms in total. The van der Waals surface area contributed by atoms with Crippen molar-refractivity contribution >= 4 is 0 Å². The Bertz CT molecular complexity index is 216. The maximum Gasteiger partial charge on any atom is 0.0791 e. The molecule has 0 spiro atoms. The molecule has 0 aliphatic heterocycles. The molecule has 0 heterocycles. The molecule has 0 aromatic carbocycles. The smallest absolute Gasteiger partial charge is 0.0791 e. The van der Waals surface area contributed by atoms with Crippen molar-refractivity contribution in [3.8, 4) is 0 Å². The SMILES string of the molecule is CN(C)C[C@H](O)CNC[C@H]1CCCC(C)(C)C1. The Balaban J connectivity index is 2.14. The van der Waals surface area contributed by atoms with Crippen molar-refractivity contribution in [2.24, 2.45) is 11.3 Å². The number of nitrogens with one attached hydrogen (secondary N) is 1. The van der Waals surface area contributed by atoms with Crippen molar-refractivity contribution in [3.05, 3.63) is 0 Å². The lowest BCUT2D eigenvalue weighted by Gasteiger charge is -2.35. The Kier molecular flexibility index (Phi) is 5.90. The van der Waals surface area contributed by atoms with Gasteiger partial charge >= 0.3 is 0 Å². The second kappa shape index (κ2) is 6.72. The van der Waals surface area contributed by atoms with Gasteiger partial charge in [0.25, 0.3) is 0 Å². The van der Waals surface area contributed by atoms with Crippen LogP contribution >= 0.6 is 0 Å². The van der Waals surface area contributed by atoms with E-state index in [0.29, 0.717) is 5.41 Å². The van der Waals surface area contributed by atoms with E-state index >= 15 is 0 Å². The van der Waals surface area contributed by atoms with Gasteiger partial charge in [-0.15, -0.1) is 0 Å². The zero-order valence-electron chi connectivity index (χ0n) is 12.0. The Morgan fingerprint density at radius 3 is 2.71 bits per heavy atom. The minimum Gasteiger partial charge on any atom is -0.390 e. The molecular weight excluding hydrogens is 212 g/mol. The Morgan fingerprint density at radius 2 is 2.12 bits per heavy atom. The largest absolute Gasteiger partial charge is 0.390 e. The van der Waals surface area contributed by atoms with Crippen LogP contribution in [0, 0.1) is 11.3 Å². The summed E-state index contributed by atoms with van der Waals surface area (Å²) >= 11 is 0. The van der Waals surface area contributed by atoms with Crippen LogP contribution in [0.2, 0.25) is 0 Å². The number of aliphatic hydroxyl groups excluding tert-OH is 1. The maximum absolute atomic E-state index is 9.75. The molecule has 0 radical (unpaired) electrons. The lowest BCUT2D eigenvalue weighted by atomic mass is 9.72. The number of nitrogens with zero attached hydrogens (tertiary/aromatic N) is 1. The van der Waals surface area contributed by atoms with E-state index in [1.165, 1.54) is 25.7 Å². The van der Waals surface area contributed by atoms with Gasteiger partial charge in [-0.2, -0.15) is 0 Å². The summed E-state index contributed by atoms with van der Waals surface area (Å²) in [5.74, 6) is 0.797. The van der Waals surface area contributed by atoms with E-state index in [4.69, 9.17) is 0 Å². The first-order chi connectivity index (χ1) is 7.89. The highest BCUT2D eigenvalue weighted by Gasteiger charge is 2.27. The minimum absolute atomic E-state index is 0.249. The Morgan fingerprint density at radius 1 is 1.41 bits per heavy atom. The topological polar surface area (TPSA) is 35.5 Å². The first-order valence-electron chi connectivity index (χ1n) is 6.92. The van der Waals surface area contributed by atoms with Crippen LogP contribution in [0.1, 0.15) is 39.5 Å². The molecule has 0 amide bonds. The van der Waals surface area contributed by atoms with Gasteiger partial charge in [-0.3, -0.25) is 0 Å². The number of rotatable bonds is 6. The fourth-order valence-electron chi connectivity index (χ4n) is 2.97. The van der Waals surface area contributed by atoms with Gasteiger partial charge in [0.1, 0.15) is 0 Å². The van der Waals surface area contributed by atoms with E-state index < -0.39 is 0 Å². The summed E-state index contributed by atoms with van der Waals surface area (Å²) in [5.41, 5.74) is 0.521. The lowest BCUT2D eigenvalue weighted by Crippen LogP contribution is -2.38. The van der Waals surface area contributed by atoms with E-state index in [9.17, 15) is 5.11 Å². The molecule has 0 aromatic rings. The molecule has 1 saturated carbocycles. The summed E-state index contributed by atoms with van der Waals surface area (Å²) in [5, 5.41) is 13.2. The monoisotopic (exact) mass is 242 g/mol. The summed E-state index contributed by atoms with van der Waals surface area (Å²) in [7, 11) is 3.99. The lowest BCUT2D eigenvalue weighted by molar-refractivity contribution is 0.127. The summed E-state index contributed by atoms with van der Waals surface area (Å²) in [4.78, 5) is 2.02. The molecule has 2 N–H and O–H groups in total. The molecule has 1 fully saturated rings. The normalized spacial score (nSPS) is 26.1. The highest BCUT2D eigenvalue weighted by molar-refractivity contribution is 4.80. The standard InChI is InChI=1S/C14H30N2O/c1-14(2)7-5-6-12(8-14)9-15-10-13(17)11-16(3)4/h12-13,15,17H,5-11H2,1-4H3/t12-,13+/m0/s1. The zero-order chi connectivity index (χ0) is 12.9. The third-order valence-electron chi connectivity index (χ3n) is 3.70. The van der Waals surface area contributed by atoms with Crippen LogP contribution < -0.4 is 5.32 Å². The van der Waals surface area contributed by atoms with Crippen molar-refractivity contribution in [1.29, 1.82) is 0 Å².